The number of anilines is 1. The van der Waals surface area contributed by atoms with Gasteiger partial charge in [0.2, 0.25) is 5.13 Å². The molecule has 1 heterocycles. The van der Waals surface area contributed by atoms with Crippen molar-refractivity contribution in [1.82, 2.24) is 4.98 Å². The lowest BCUT2D eigenvalue weighted by molar-refractivity contribution is 1.22. The number of aromatic nitrogens is 1. The Morgan fingerprint density at radius 1 is 1.05 bits per heavy atom. The predicted octanol–water partition coefficient (Wildman–Crippen LogP) is 4.84. The molecule has 0 saturated carbocycles. The minimum Gasteiger partial charge on any atom is -0.253 e. The van der Waals surface area contributed by atoms with Gasteiger partial charge in [0, 0.05) is 23.1 Å². The Bertz CT molecular complexity index is 748. The fourth-order valence-corrected chi connectivity index (χ4v) is 2.80. The van der Waals surface area contributed by atoms with Crippen molar-refractivity contribution in [2.75, 3.05) is 5.43 Å². The fraction of sp³-hybridized carbons (Fsp3) is 0.111. The van der Waals surface area contributed by atoms with E-state index in [9.17, 15) is 0 Å². The van der Waals surface area contributed by atoms with Crippen LogP contribution in [0.1, 0.15) is 12.5 Å². The molecule has 0 aliphatic carbocycles. The molecule has 0 bridgehead atoms. The Labute approximate surface area is 134 Å². The highest BCUT2D eigenvalue weighted by molar-refractivity contribution is 7.14. The maximum Gasteiger partial charge on any atom is 0.203 e. The molecule has 2 aromatic carbocycles. The first-order chi connectivity index (χ1) is 10.8. The van der Waals surface area contributed by atoms with E-state index in [0.29, 0.717) is 0 Å². The number of hydrazone groups is 1. The molecule has 110 valence electrons. The highest BCUT2D eigenvalue weighted by Gasteiger charge is 2.03. The van der Waals surface area contributed by atoms with Gasteiger partial charge in [0.15, 0.2) is 0 Å². The Kier molecular flexibility index (Phi) is 4.61. The van der Waals surface area contributed by atoms with Crippen LogP contribution in [0.5, 0.6) is 0 Å². The zero-order chi connectivity index (χ0) is 15.2. The first-order valence-corrected chi connectivity index (χ1v) is 8.03. The van der Waals surface area contributed by atoms with Crippen LogP contribution < -0.4 is 5.43 Å². The molecule has 0 saturated heterocycles. The Hall–Kier alpha value is -2.46. The zero-order valence-corrected chi connectivity index (χ0v) is 13.2. The van der Waals surface area contributed by atoms with Gasteiger partial charge in [-0.15, -0.1) is 11.3 Å². The second-order valence-corrected chi connectivity index (χ2v) is 5.88. The Balaban J connectivity index is 1.64. The largest absolute Gasteiger partial charge is 0.253 e. The van der Waals surface area contributed by atoms with E-state index in [1.807, 2.05) is 48.7 Å². The molecule has 22 heavy (non-hydrogen) atoms. The van der Waals surface area contributed by atoms with Gasteiger partial charge >= 0.3 is 0 Å². The van der Waals surface area contributed by atoms with Crippen molar-refractivity contribution in [2.24, 2.45) is 5.10 Å². The molecule has 0 atom stereocenters. The van der Waals surface area contributed by atoms with Gasteiger partial charge in [0.1, 0.15) is 0 Å². The molecule has 0 fully saturated rings. The second-order valence-electron chi connectivity index (χ2n) is 5.03. The maximum absolute atomic E-state index is 4.56. The van der Waals surface area contributed by atoms with E-state index in [-0.39, 0.29) is 0 Å². The third-order valence-electron chi connectivity index (χ3n) is 3.22. The highest BCUT2D eigenvalue weighted by Crippen LogP contribution is 2.24. The summed E-state index contributed by atoms with van der Waals surface area (Å²) in [6.07, 6.45) is 0.838. The van der Waals surface area contributed by atoms with Crippen molar-refractivity contribution in [2.45, 2.75) is 13.3 Å². The molecule has 1 aromatic heterocycles. The topological polar surface area (TPSA) is 37.3 Å². The average molecular weight is 307 g/mol. The standard InChI is InChI=1S/C18H17N3S/c1-14(12-15-8-4-2-5-9-15)20-21-18-19-17(13-22-18)16-10-6-3-7-11-16/h2-11,13H,12H2,1H3,(H,19,21)/b20-14+. The van der Waals surface area contributed by atoms with E-state index in [1.165, 1.54) is 5.56 Å². The van der Waals surface area contributed by atoms with Crippen LogP contribution in [0.25, 0.3) is 11.3 Å². The molecule has 0 unspecified atom stereocenters. The van der Waals surface area contributed by atoms with Crippen molar-refractivity contribution in [3.63, 3.8) is 0 Å². The molecule has 4 heteroatoms. The van der Waals surface area contributed by atoms with Crippen LogP contribution in [0.15, 0.2) is 71.1 Å². The van der Waals surface area contributed by atoms with Crippen molar-refractivity contribution >= 4 is 22.2 Å². The molecular weight excluding hydrogens is 290 g/mol. The minimum absolute atomic E-state index is 0.811. The smallest absolute Gasteiger partial charge is 0.203 e. The summed E-state index contributed by atoms with van der Waals surface area (Å²) in [7, 11) is 0. The summed E-state index contributed by atoms with van der Waals surface area (Å²) in [5.41, 5.74) is 7.44. The molecule has 3 aromatic rings. The summed E-state index contributed by atoms with van der Waals surface area (Å²) in [4.78, 5) is 4.56. The summed E-state index contributed by atoms with van der Waals surface area (Å²) in [6.45, 7) is 2.02. The van der Waals surface area contributed by atoms with E-state index in [2.05, 4.69) is 39.8 Å². The zero-order valence-electron chi connectivity index (χ0n) is 12.4. The predicted molar refractivity (Wildman–Crippen MR) is 94.4 cm³/mol. The highest BCUT2D eigenvalue weighted by atomic mass is 32.1. The maximum atomic E-state index is 4.56. The number of rotatable bonds is 5. The minimum atomic E-state index is 0.811. The van der Waals surface area contributed by atoms with Crippen LogP contribution in [0.4, 0.5) is 5.13 Å². The van der Waals surface area contributed by atoms with Gasteiger partial charge in [0.05, 0.1) is 5.69 Å². The van der Waals surface area contributed by atoms with Crippen LogP contribution in [0.2, 0.25) is 0 Å². The summed E-state index contributed by atoms with van der Waals surface area (Å²) in [5.74, 6) is 0. The van der Waals surface area contributed by atoms with E-state index in [4.69, 9.17) is 0 Å². The number of thiazole rings is 1. The molecule has 1 N–H and O–H groups in total. The van der Waals surface area contributed by atoms with Crippen LogP contribution >= 0.6 is 11.3 Å². The summed E-state index contributed by atoms with van der Waals surface area (Å²) >= 11 is 1.56. The second kappa shape index (κ2) is 7.00. The van der Waals surface area contributed by atoms with Crippen molar-refractivity contribution in [1.29, 1.82) is 0 Å². The molecule has 0 amide bonds. The third kappa shape index (κ3) is 3.80. The monoisotopic (exact) mass is 307 g/mol. The van der Waals surface area contributed by atoms with Gasteiger partial charge in [-0.3, -0.25) is 5.43 Å². The Morgan fingerprint density at radius 3 is 2.45 bits per heavy atom. The average Bonchev–Trinajstić information content (AvgIpc) is 3.04. The van der Waals surface area contributed by atoms with Crippen molar-refractivity contribution in [3.8, 4) is 11.3 Å². The van der Waals surface area contributed by atoms with Gasteiger partial charge < -0.3 is 0 Å². The van der Waals surface area contributed by atoms with Gasteiger partial charge in [-0.05, 0) is 12.5 Å². The van der Waals surface area contributed by atoms with Gasteiger partial charge in [-0.2, -0.15) is 5.10 Å². The van der Waals surface area contributed by atoms with Crippen LogP contribution in [-0.4, -0.2) is 10.7 Å². The van der Waals surface area contributed by atoms with E-state index < -0.39 is 0 Å². The summed E-state index contributed by atoms with van der Waals surface area (Å²) < 4.78 is 0. The first-order valence-electron chi connectivity index (χ1n) is 7.15. The molecular formula is C18H17N3S. The molecule has 0 spiro atoms. The summed E-state index contributed by atoms with van der Waals surface area (Å²) in [6, 6.07) is 20.5. The number of benzene rings is 2. The molecule has 0 aliphatic heterocycles. The number of hydrogen-bond donors (Lipinski definition) is 1. The number of nitrogens with zero attached hydrogens (tertiary/aromatic N) is 2. The van der Waals surface area contributed by atoms with E-state index in [0.717, 1.165) is 28.5 Å². The normalized spacial score (nSPS) is 11.4. The van der Waals surface area contributed by atoms with Crippen LogP contribution in [0, 0.1) is 0 Å². The number of hydrogen-bond acceptors (Lipinski definition) is 4. The van der Waals surface area contributed by atoms with E-state index >= 15 is 0 Å². The summed E-state index contributed by atoms with van der Waals surface area (Å²) in [5, 5.41) is 7.26. The number of nitrogens with one attached hydrogen (secondary N) is 1. The molecule has 0 aliphatic rings. The van der Waals surface area contributed by atoms with Crippen molar-refractivity contribution in [3.05, 3.63) is 71.6 Å². The van der Waals surface area contributed by atoms with E-state index in [1.54, 1.807) is 11.3 Å². The van der Waals surface area contributed by atoms with Gasteiger partial charge in [-0.25, -0.2) is 4.98 Å². The van der Waals surface area contributed by atoms with Gasteiger partial charge in [-0.1, -0.05) is 60.7 Å². The van der Waals surface area contributed by atoms with Crippen molar-refractivity contribution < 1.29 is 0 Å². The molecule has 3 nitrogen and oxygen atoms in total. The quantitative estimate of drug-likeness (QED) is 0.541. The molecule has 3 rings (SSSR count). The first kappa shape index (κ1) is 14.5. The van der Waals surface area contributed by atoms with Crippen LogP contribution in [0.3, 0.4) is 0 Å². The Morgan fingerprint density at radius 2 is 1.73 bits per heavy atom. The lowest BCUT2D eigenvalue weighted by Crippen LogP contribution is -2.01. The third-order valence-corrected chi connectivity index (χ3v) is 3.97. The lowest BCUT2D eigenvalue weighted by Gasteiger charge is -2.01. The SMILES string of the molecule is C/C(Cc1ccccc1)=N\Nc1nc(-c2ccccc2)cs1. The lowest BCUT2D eigenvalue weighted by atomic mass is 10.1. The molecule has 0 radical (unpaired) electrons. The van der Waals surface area contributed by atoms with Gasteiger partial charge in [0.25, 0.3) is 0 Å². The van der Waals surface area contributed by atoms with Crippen LogP contribution in [-0.2, 0) is 6.42 Å². The fourth-order valence-electron chi connectivity index (χ4n) is 2.14.